The summed E-state index contributed by atoms with van der Waals surface area (Å²) in [6, 6.07) is 4.28. The maximum Gasteiger partial charge on any atom is 0.216 e. The molecular weight excluding hydrogens is 221 g/mol. The molecule has 0 aliphatic rings. The third-order valence-corrected chi connectivity index (χ3v) is 1.71. The zero-order valence-electron chi connectivity index (χ0n) is 8.54. The van der Waals surface area contributed by atoms with E-state index in [9.17, 15) is 4.39 Å². The molecular formula is C10H13ClFNO2. The number of rotatable bonds is 3. The summed E-state index contributed by atoms with van der Waals surface area (Å²) < 4.78 is 23.0. The zero-order valence-corrected chi connectivity index (χ0v) is 9.36. The van der Waals surface area contributed by atoms with Crippen molar-refractivity contribution in [2.45, 2.75) is 6.92 Å². The lowest BCUT2D eigenvalue weighted by Gasteiger charge is -2.07. The average Bonchev–Trinajstić information content (AvgIpc) is 2.17. The van der Waals surface area contributed by atoms with Gasteiger partial charge in [0.1, 0.15) is 11.6 Å². The van der Waals surface area contributed by atoms with E-state index in [-0.39, 0.29) is 23.9 Å². The van der Waals surface area contributed by atoms with E-state index in [4.69, 9.17) is 14.9 Å². The Kier molecular flexibility index (Phi) is 5.70. The van der Waals surface area contributed by atoms with Crippen molar-refractivity contribution < 1.29 is 13.9 Å². The van der Waals surface area contributed by atoms with E-state index in [0.717, 1.165) is 0 Å². The monoisotopic (exact) mass is 233 g/mol. The summed E-state index contributed by atoms with van der Waals surface area (Å²) in [6.07, 6.45) is 0. The van der Waals surface area contributed by atoms with Crippen LogP contribution in [-0.4, -0.2) is 19.6 Å². The Hall–Kier alpha value is -1.29. The molecule has 1 N–H and O–H groups in total. The largest absolute Gasteiger partial charge is 0.497 e. The van der Waals surface area contributed by atoms with Crippen LogP contribution in [0.3, 0.4) is 0 Å². The molecule has 0 aliphatic heterocycles. The SMILES string of the molecule is CCOC(=N)c1ccc(OC)cc1F.Cl. The van der Waals surface area contributed by atoms with Crippen molar-refractivity contribution in [1.29, 1.82) is 5.41 Å². The Balaban J connectivity index is 0.00000196. The van der Waals surface area contributed by atoms with E-state index in [1.807, 2.05) is 0 Å². The van der Waals surface area contributed by atoms with E-state index in [1.165, 1.54) is 19.2 Å². The number of benzene rings is 1. The summed E-state index contributed by atoms with van der Waals surface area (Å²) in [4.78, 5) is 0. The van der Waals surface area contributed by atoms with E-state index in [1.54, 1.807) is 13.0 Å². The van der Waals surface area contributed by atoms with Crippen LogP contribution in [0.5, 0.6) is 5.75 Å². The molecule has 15 heavy (non-hydrogen) atoms. The zero-order chi connectivity index (χ0) is 10.6. The molecule has 1 aromatic carbocycles. The summed E-state index contributed by atoms with van der Waals surface area (Å²) in [5.41, 5.74) is 0.146. The number of methoxy groups -OCH3 is 1. The van der Waals surface area contributed by atoms with Gasteiger partial charge < -0.3 is 9.47 Å². The summed E-state index contributed by atoms with van der Waals surface area (Å²) in [5, 5.41) is 7.40. The third kappa shape index (κ3) is 3.40. The van der Waals surface area contributed by atoms with E-state index in [0.29, 0.717) is 12.4 Å². The molecule has 0 unspecified atom stereocenters. The van der Waals surface area contributed by atoms with Gasteiger partial charge in [-0.2, -0.15) is 0 Å². The first-order valence-corrected chi connectivity index (χ1v) is 4.24. The van der Waals surface area contributed by atoms with Gasteiger partial charge in [0.05, 0.1) is 19.3 Å². The van der Waals surface area contributed by atoms with Crippen LogP contribution < -0.4 is 4.74 Å². The number of hydrogen-bond donors (Lipinski definition) is 1. The van der Waals surface area contributed by atoms with Crippen molar-refractivity contribution in [2.75, 3.05) is 13.7 Å². The molecule has 0 heterocycles. The Morgan fingerprint density at radius 2 is 2.13 bits per heavy atom. The van der Waals surface area contributed by atoms with Crippen LogP contribution in [-0.2, 0) is 4.74 Å². The van der Waals surface area contributed by atoms with E-state index < -0.39 is 5.82 Å². The fourth-order valence-corrected chi connectivity index (χ4v) is 1.03. The van der Waals surface area contributed by atoms with Crippen LogP contribution in [0, 0.1) is 11.2 Å². The molecule has 84 valence electrons. The second-order valence-corrected chi connectivity index (χ2v) is 2.61. The average molecular weight is 234 g/mol. The lowest BCUT2D eigenvalue weighted by molar-refractivity contribution is 0.324. The highest BCUT2D eigenvalue weighted by molar-refractivity contribution is 5.92. The van der Waals surface area contributed by atoms with Crippen LogP contribution in [0.4, 0.5) is 4.39 Å². The normalized spacial score (nSPS) is 9.00. The van der Waals surface area contributed by atoms with Crippen molar-refractivity contribution in [3.05, 3.63) is 29.6 Å². The van der Waals surface area contributed by atoms with Gasteiger partial charge in [0, 0.05) is 6.07 Å². The summed E-state index contributed by atoms with van der Waals surface area (Å²) in [6.45, 7) is 2.10. The molecule has 1 rings (SSSR count). The van der Waals surface area contributed by atoms with Crippen molar-refractivity contribution in [3.63, 3.8) is 0 Å². The molecule has 5 heteroatoms. The van der Waals surface area contributed by atoms with Gasteiger partial charge in [-0.1, -0.05) is 0 Å². The second-order valence-electron chi connectivity index (χ2n) is 2.61. The Bertz CT molecular complexity index is 344. The predicted molar refractivity (Wildman–Crippen MR) is 58.7 cm³/mol. The van der Waals surface area contributed by atoms with Gasteiger partial charge in [0.15, 0.2) is 0 Å². The molecule has 0 saturated carbocycles. The summed E-state index contributed by atoms with van der Waals surface area (Å²) in [5.74, 6) is -0.244. The highest BCUT2D eigenvalue weighted by atomic mass is 35.5. The minimum absolute atomic E-state index is 0. The van der Waals surface area contributed by atoms with Crippen molar-refractivity contribution in [1.82, 2.24) is 0 Å². The Morgan fingerprint density at radius 3 is 2.60 bits per heavy atom. The molecule has 0 aliphatic carbocycles. The molecule has 0 aromatic heterocycles. The highest BCUT2D eigenvalue weighted by Gasteiger charge is 2.09. The first-order chi connectivity index (χ1) is 6.69. The molecule has 0 saturated heterocycles. The Morgan fingerprint density at radius 1 is 1.47 bits per heavy atom. The van der Waals surface area contributed by atoms with Crippen LogP contribution in [0.25, 0.3) is 0 Å². The lowest BCUT2D eigenvalue weighted by atomic mass is 10.2. The molecule has 0 radical (unpaired) electrons. The molecule has 0 amide bonds. The van der Waals surface area contributed by atoms with Crippen LogP contribution >= 0.6 is 12.4 Å². The van der Waals surface area contributed by atoms with Crippen LogP contribution in [0.2, 0.25) is 0 Å². The lowest BCUT2D eigenvalue weighted by Crippen LogP contribution is -2.07. The summed E-state index contributed by atoms with van der Waals surface area (Å²) >= 11 is 0. The first kappa shape index (κ1) is 13.7. The summed E-state index contributed by atoms with van der Waals surface area (Å²) in [7, 11) is 1.46. The van der Waals surface area contributed by atoms with Gasteiger partial charge in [-0.3, -0.25) is 5.41 Å². The van der Waals surface area contributed by atoms with Gasteiger partial charge in [0.25, 0.3) is 0 Å². The standard InChI is InChI=1S/C10H12FNO2.ClH/c1-3-14-10(12)8-5-4-7(13-2)6-9(8)11;/h4-6,12H,3H2,1-2H3;1H. The van der Waals surface area contributed by atoms with E-state index >= 15 is 0 Å². The second kappa shape index (κ2) is 6.24. The number of halogens is 2. The molecule has 0 spiro atoms. The van der Waals surface area contributed by atoms with E-state index in [2.05, 4.69) is 0 Å². The van der Waals surface area contributed by atoms with Crippen LogP contribution in [0.1, 0.15) is 12.5 Å². The molecule has 3 nitrogen and oxygen atoms in total. The van der Waals surface area contributed by atoms with Crippen molar-refractivity contribution in [2.24, 2.45) is 0 Å². The molecule has 0 atom stereocenters. The van der Waals surface area contributed by atoms with Crippen molar-refractivity contribution in [3.8, 4) is 5.75 Å². The van der Waals surface area contributed by atoms with Gasteiger partial charge in [-0.15, -0.1) is 12.4 Å². The smallest absolute Gasteiger partial charge is 0.216 e. The quantitative estimate of drug-likeness (QED) is 0.644. The van der Waals surface area contributed by atoms with Crippen LogP contribution in [0.15, 0.2) is 18.2 Å². The predicted octanol–water partition coefficient (Wildman–Crippen LogP) is 2.62. The van der Waals surface area contributed by atoms with Gasteiger partial charge >= 0.3 is 0 Å². The highest BCUT2D eigenvalue weighted by Crippen LogP contribution is 2.16. The van der Waals surface area contributed by atoms with Crippen molar-refractivity contribution >= 4 is 18.3 Å². The fourth-order valence-electron chi connectivity index (χ4n) is 1.03. The topological polar surface area (TPSA) is 42.3 Å². The minimum atomic E-state index is -0.511. The maximum absolute atomic E-state index is 13.3. The number of nitrogens with one attached hydrogen (secondary N) is 1. The Labute approximate surface area is 94.1 Å². The van der Waals surface area contributed by atoms with Gasteiger partial charge in [-0.05, 0) is 19.1 Å². The third-order valence-electron chi connectivity index (χ3n) is 1.71. The van der Waals surface area contributed by atoms with Gasteiger partial charge in [-0.25, -0.2) is 4.39 Å². The minimum Gasteiger partial charge on any atom is -0.497 e. The molecule has 1 aromatic rings. The van der Waals surface area contributed by atoms with Gasteiger partial charge in [0.2, 0.25) is 5.90 Å². The maximum atomic E-state index is 13.3. The fraction of sp³-hybridized carbons (Fsp3) is 0.300. The number of ether oxygens (including phenoxy) is 2. The number of hydrogen-bond acceptors (Lipinski definition) is 3. The molecule has 0 bridgehead atoms. The first-order valence-electron chi connectivity index (χ1n) is 4.24. The molecule has 0 fully saturated rings.